The lowest BCUT2D eigenvalue weighted by molar-refractivity contribution is -0.104. The summed E-state index contributed by atoms with van der Waals surface area (Å²) >= 11 is 0. The van der Waals surface area contributed by atoms with E-state index >= 15 is 0 Å². The van der Waals surface area contributed by atoms with Crippen LogP contribution in [0.15, 0.2) is 30.6 Å². The molecule has 0 radical (unpaired) electrons. The van der Waals surface area contributed by atoms with Crippen molar-refractivity contribution in [1.82, 2.24) is 4.98 Å². The van der Waals surface area contributed by atoms with Gasteiger partial charge in [-0.3, -0.25) is 4.79 Å². The molecule has 0 atom stereocenters. The lowest BCUT2D eigenvalue weighted by Crippen LogP contribution is -1.90. The standard InChI is InChI=1S/C9H10N2O/c1-8-3-4-9(11-7-8)10-5-2-6-12/h2-7H,1H3,(H,10,11). The van der Waals surface area contributed by atoms with E-state index in [1.54, 1.807) is 12.4 Å². The van der Waals surface area contributed by atoms with E-state index in [0.29, 0.717) is 6.29 Å². The second kappa shape index (κ2) is 4.28. The molecule has 3 heteroatoms. The van der Waals surface area contributed by atoms with E-state index in [1.807, 2.05) is 19.1 Å². The van der Waals surface area contributed by atoms with Gasteiger partial charge in [0.05, 0.1) is 0 Å². The van der Waals surface area contributed by atoms with Crippen LogP contribution in [0, 0.1) is 6.92 Å². The minimum atomic E-state index is 0.710. The van der Waals surface area contributed by atoms with Crippen LogP contribution in [0.25, 0.3) is 0 Å². The highest BCUT2D eigenvalue weighted by Gasteiger charge is 1.87. The Balaban J connectivity index is 2.58. The number of anilines is 1. The molecule has 0 saturated heterocycles. The Morgan fingerprint density at radius 1 is 1.50 bits per heavy atom. The van der Waals surface area contributed by atoms with E-state index in [4.69, 9.17) is 0 Å². The molecule has 0 unspecified atom stereocenters. The summed E-state index contributed by atoms with van der Waals surface area (Å²) in [6.45, 7) is 1.97. The van der Waals surface area contributed by atoms with Gasteiger partial charge >= 0.3 is 0 Å². The number of hydrogen-bond donors (Lipinski definition) is 1. The number of aryl methyl sites for hydroxylation is 1. The summed E-state index contributed by atoms with van der Waals surface area (Å²) in [6.07, 6.45) is 5.39. The molecule has 1 heterocycles. The number of nitrogens with one attached hydrogen (secondary N) is 1. The largest absolute Gasteiger partial charge is 0.347 e. The number of aromatic nitrogens is 1. The van der Waals surface area contributed by atoms with Crippen LogP contribution in [0.1, 0.15) is 5.56 Å². The Labute approximate surface area is 71.1 Å². The van der Waals surface area contributed by atoms with Gasteiger partial charge in [0.1, 0.15) is 12.1 Å². The molecule has 3 nitrogen and oxygen atoms in total. The highest BCUT2D eigenvalue weighted by molar-refractivity contribution is 5.65. The minimum Gasteiger partial charge on any atom is -0.347 e. The van der Waals surface area contributed by atoms with Gasteiger partial charge in [-0.25, -0.2) is 4.98 Å². The first kappa shape index (κ1) is 8.46. The smallest absolute Gasteiger partial charge is 0.144 e. The van der Waals surface area contributed by atoms with Crippen molar-refractivity contribution < 1.29 is 4.79 Å². The molecule has 12 heavy (non-hydrogen) atoms. The highest BCUT2D eigenvalue weighted by Crippen LogP contribution is 2.02. The lowest BCUT2D eigenvalue weighted by atomic mass is 10.3. The molecular weight excluding hydrogens is 152 g/mol. The van der Waals surface area contributed by atoms with E-state index in [0.717, 1.165) is 11.4 Å². The summed E-state index contributed by atoms with van der Waals surface area (Å²) < 4.78 is 0. The minimum absolute atomic E-state index is 0.710. The fourth-order valence-corrected chi connectivity index (χ4v) is 0.726. The van der Waals surface area contributed by atoms with Gasteiger partial charge in [0.15, 0.2) is 0 Å². The molecule has 0 aliphatic heterocycles. The molecule has 1 aromatic rings. The topological polar surface area (TPSA) is 42.0 Å². The molecule has 0 fully saturated rings. The summed E-state index contributed by atoms with van der Waals surface area (Å²) in [6, 6.07) is 3.80. The number of aldehydes is 1. The maximum absolute atomic E-state index is 9.90. The third-order valence-electron chi connectivity index (χ3n) is 1.32. The first-order valence-corrected chi connectivity index (χ1v) is 3.62. The van der Waals surface area contributed by atoms with Gasteiger partial charge in [0.25, 0.3) is 0 Å². The van der Waals surface area contributed by atoms with E-state index in [1.165, 1.54) is 6.08 Å². The third kappa shape index (κ3) is 2.54. The van der Waals surface area contributed by atoms with Crippen LogP contribution in [-0.4, -0.2) is 11.3 Å². The summed E-state index contributed by atoms with van der Waals surface area (Å²) in [5.74, 6) is 0.735. The summed E-state index contributed by atoms with van der Waals surface area (Å²) in [5.41, 5.74) is 1.11. The molecule has 0 saturated carbocycles. The monoisotopic (exact) mass is 162 g/mol. The molecule has 0 aliphatic rings. The first-order valence-electron chi connectivity index (χ1n) is 3.62. The maximum atomic E-state index is 9.90. The average molecular weight is 162 g/mol. The Morgan fingerprint density at radius 3 is 2.92 bits per heavy atom. The molecular formula is C9H10N2O. The summed E-state index contributed by atoms with van der Waals surface area (Å²) in [5, 5.41) is 2.85. The number of hydrogen-bond acceptors (Lipinski definition) is 3. The maximum Gasteiger partial charge on any atom is 0.144 e. The second-order valence-corrected chi connectivity index (χ2v) is 2.36. The lowest BCUT2D eigenvalue weighted by Gasteiger charge is -1.97. The van der Waals surface area contributed by atoms with Gasteiger partial charge in [-0.05, 0) is 24.6 Å². The molecule has 1 aromatic heterocycles. The average Bonchev–Trinajstić information content (AvgIpc) is 2.09. The molecule has 0 aliphatic carbocycles. The van der Waals surface area contributed by atoms with Crippen molar-refractivity contribution in [3.63, 3.8) is 0 Å². The van der Waals surface area contributed by atoms with Gasteiger partial charge in [-0.15, -0.1) is 0 Å². The van der Waals surface area contributed by atoms with Gasteiger partial charge in [-0.1, -0.05) is 6.07 Å². The van der Waals surface area contributed by atoms with Crippen molar-refractivity contribution >= 4 is 12.1 Å². The molecule has 0 bridgehead atoms. The highest BCUT2D eigenvalue weighted by atomic mass is 16.1. The van der Waals surface area contributed by atoms with Crippen LogP contribution < -0.4 is 5.32 Å². The fraction of sp³-hybridized carbons (Fsp3) is 0.111. The number of pyridine rings is 1. The zero-order valence-corrected chi connectivity index (χ0v) is 6.82. The van der Waals surface area contributed by atoms with Gasteiger partial charge in [0, 0.05) is 12.4 Å². The number of nitrogens with zero attached hydrogens (tertiary/aromatic N) is 1. The van der Waals surface area contributed by atoms with Crippen LogP contribution in [0.5, 0.6) is 0 Å². The second-order valence-electron chi connectivity index (χ2n) is 2.36. The Kier molecular flexibility index (Phi) is 3.02. The van der Waals surface area contributed by atoms with Crippen LogP contribution in [0.4, 0.5) is 5.82 Å². The van der Waals surface area contributed by atoms with Crippen molar-refractivity contribution in [2.45, 2.75) is 6.92 Å². The number of carbonyl (C=O) groups is 1. The van der Waals surface area contributed by atoms with Crippen molar-refractivity contribution in [3.05, 3.63) is 36.2 Å². The zero-order chi connectivity index (χ0) is 8.81. The normalized spacial score (nSPS) is 10.1. The predicted molar refractivity (Wildman–Crippen MR) is 47.8 cm³/mol. The van der Waals surface area contributed by atoms with E-state index in [9.17, 15) is 4.79 Å². The molecule has 1 N–H and O–H groups in total. The van der Waals surface area contributed by atoms with Gasteiger partial charge in [-0.2, -0.15) is 0 Å². The fourth-order valence-electron chi connectivity index (χ4n) is 0.726. The molecule has 1 rings (SSSR count). The molecule has 0 spiro atoms. The quantitative estimate of drug-likeness (QED) is 0.541. The first-order chi connectivity index (χ1) is 5.83. The van der Waals surface area contributed by atoms with E-state index in [-0.39, 0.29) is 0 Å². The Morgan fingerprint density at radius 2 is 2.33 bits per heavy atom. The van der Waals surface area contributed by atoms with Gasteiger partial charge in [0.2, 0.25) is 0 Å². The number of allylic oxidation sites excluding steroid dienone is 1. The van der Waals surface area contributed by atoms with Crippen molar-refractivity contribution in [1.29, 1.82) is 0 Å². The Bertz CT molecular complexity index is 277. The SMILES string of the molecule is Cc1ccc(NC=CC=O)nc1. The van der Waals surface area contributed by atoms with Crippen molar-refractivity contribution in [3.8, 4) is 0 Å². The zero-order valence-electron chi connectivity index (χ0n) is 6.82. The van der Waals surface area contributed by atoms with Crippen LogP contribution in [-0.2, 0) is 4.79 Å². The predicted octanol–water partition coefficient (Wildman–Crippen LogP) is 1.51. The van der Waals surface area contributed by atoms with Gasteiger partial charge < -0.3 is 5.32 Å². The van der Waals surface area contributed by atoms with E-state index < -0.39 is 0 Å². The summed E-state index contributed by atoms with van der Waals surface area (Å²) in [7, 11) is 0. The molecule has 0 aromatic carbocycles. The summed E-state index contributed by atoms with van der Waals surface area (Å²) in [4.78, 5) is 14.0. The van der Waals surface area contributed by atoms with E-state index in [2.05, 4.69) is 10.3 Å². The van der Waals surface area contributed by atoms with Crippen LogP contribution in [0.3, 0.4) is 0 Å². The Hall–Kier alpha value is -1.64. The third-order valence-corrected chi connectivity index (χ3v) is 1.32. The molecule has 62 valence electrons. The van der Waals surface area contributed by atoms with Crippen molar-refractivity contribution in [2.75, 3.05) is 5.32 Å². The number of rotatable bonds is 3. The molecule has 0 amide bonds. The van der Waals surface area contributed by atoms with Crippen LogP contribution in [0.2, 0.25) is 0 Å². The number of carbonyl (C=O) groups excluding carboxylic acids is 1. The van der Waals surface area contributed by atoms with Crippen molar-refractivity contribution in [2.24, 2.45) is 0 Å². The van der Waals surface area contributed by atoms with Crippen LogP contribution >= 0.6 is 0 Å².